The Labute approximate surface area is 128 Å². The summed E-state index contributed by atoms with van der Waals surface area (Å²) in [6.07, 6.45) is 15.8. The SMILES string of the molecule is CC(C)CCC(C[CH]c1ccncc1)CCc1cnc[nH]1. The average Bonchev–Trinajstić information content (AvgIpc) is 3.00. The average molecular weight is 284 g/mol. The van der Waals surface area contributed by atoms with Gasteiger partial charge in [-0.15, -0.1) is 0 Å². The van der Waals surface area contributed by atoms with Crippen LogP contribution < -0.4 is 0 Å². The van der Waals surface area contributed by atoms with E-state index in [9.17, 15) is 0 Å². The molecule has 0 spiro atoms. The van der Waals surface area contributed by atoms with E-state index in [4.69, 9.17) is 0 Å². The Balaban J connectivity index is 1.82. The second kappa shape index (κ2) is 8.60. The van der Waals surface area contributed by atoms with Crippen LogP contribution in [0.25, 0.3) is 0 Å². The van der Waals surface area contributed by atoms with E-state index < -0.39 is 0 Å². The molecule has 21 heavy (non-hydrogen) atoms. The Bertz CT molecular complexity index is 476. The van der Waals surface area contributed by atoms with E-state index in [1.807, 2.05) is 18.6 Å². The number of nitrogens with one attached hydrogen (secondary N) is 1. The van der Waals surface area contributed by atoms with Crippen LogP contribution in [0.4, 0.5) is 0 Å². The van der Waals surface area contributed by atoms with Crippen LogP contribution in [0.2, 0.25) is 0 Å². The standard InChI is InChI=1S/C18H26N3/c1-15(2)3-4-16(7-8-18-13-20-14-21-18)5-6-17-9-11-19-12-10-17/h6,9-16H,3-5,7-8H2,1-2H3,(H,20,21). The summed E-state index contributed by atoms with van der Waals surface area (Å²) in [7, 11) is 0. The molecule has 0 aliphatic carbocycles. The lowest BCUT2D eigenvalue weighted by Gasteiger charge is -2.17. The van der Waals surface area contributed by atoms with Crippen LogP contribution in [0.1, 0.15) is 50.8 Å². The van der Waals surface area contributed by atoms with Crippen LogP contribution in [0, 0.1) is 18.3 Å². The second-order valence-corrected chi connectivity index (χ2v) is 6.17. The molecule has 0 bridgehead atoms. The summed E-state index contributed by atoms with van der Waals surface area (Å²) in [4.78, 5) is 11.4. The number of aromatic amines is 1. The van der Waals surface area contributed by atoms with Gasteiger partial charge < -0.3 is 4.98 Å². The van der Waals surface area contributed by atoms with Gasteiger partial charge in [0.2, 0.25) is 0 Å². The van der Waals surface area contributed by atoms with E-state index in [1.165, 1.54) is 30.5 Å². The van der Waals surface area contributed by atoms with E-state index >= 15 is 0 Å². The van der Waals surface area contributed by atoms with Crippen LogP contribution in [0.15, 0.2) is 37.1 Å². The third-order valence-corrected chi connectivity index (χ3v) is 3.92. The molecule has 1 unspecified atom stereocenters. The predicted octanol–water partition coefficient (Wildman–Crippen LogP) is 4.43. The fourth-order valence-corrected chi connectivity index (χ4v) is 2.53. The molecule has 1 radical (unpaired) electrons. The second-order valence-electron chi connectivity index (χ2n) is 6.17. The molecule has 0 fully saturated rings. The minimum atomic E-state index is 0.740. The number of pyridine rings is 1. The van der Waals surface area contributed by atoms with Crippen molar-refractivity contribution in [3.63, 3.8) is 0 Å². The molecule has 2 aromatic heterocycles. The quantitative estimate of drug-likeness (QED) is 0.740. The van der Waals surface area contributed by atoms with Crippen molar-refractivity contribution in [3.05, 3.63) is 54.7 Å². The fourth-order valence-electron chi connectivity index (χ4n) is 2.53. The van der Waals surface area contributed by atoms with Crippen molar-refractivity contribution in [1.82, 2.24) is 15.0 Å². The highest BCUT2D eigenvalue weighted by Crippen LogP contribution is 2.23. The summed E-state index contributed by atoms with van der Waals surface area (Å²) in [6, 6.07) is 4.16. The lowest BCUT2D eigenvalue weighted by atomic mass is 9.88. The van der Waals surface area contributed by atoms with Crippen LogP contribution in [-0.4, -0.2) is 15.0 Å². The van der Waals surface area contributed by atoms with Gasteiger partial charge in [0, 0.05) is 24.3 Å². The molecule has 0 aliphatic heterocycles. The molecule has 2 heterocycles. The van der Waals surface area contributed by atoms with Crippen molar-refractivity contribution in [2.45, 2.75) is 46.0 Å². The summed E-state index contributed by atoms with van der Waals surface area (Å²) < 4.78 is 0. The number of aromatic nitrogens is 3. The monoisotopic (exact) mass is 284 g/mol. The van der Waals surface area contributed by atoms with Crippen molar-refractivity contribution >= 4 is 0 Å². The van der Waals surface area contributed by atoms with E-state index in [-0.39, 0.29) is 0 Å². The van der Waals surface area contributed by atoms with Gasteiger partial charge in [-0.1, -0.05) is 26.7 Å². The number of hydrogen-bond donors (Lipinski definition) is 1. The van der Waals surface area contributed by atoms with Gasteiger partial charge in [0.15, 0.2) is 0 Å². The molecule has 0 aromatic carbocycles. The van der Waals surface area contributed by atoms with Gasteiger partial charge in [-0.25, -0.2) is 4.98 Å². The van der Waals surface area contributed by atoms with Gasteiger partial charge in [-0.3, -0.25) is 4.98 Å². The first-order valence-corrected chi connectivity index (χ1v) is 7.94. The summed E-state index contributed by atoms with van der Waals surface area (Å²) in [6.45, 7) is 4.61. The maximum atomic E-state index is 4.10. The number of imidazole rings is 1. The van der Waals surface area contributed by atoms with Gasteiger partial charge in [-0.2, -0.15) is 0 Å². The molecule has 0 aliphatic rings. The van der Waals surface area contributed by atoms with Crippen LogP contribution >= 0.6 is 0 Å². The Morgan fingerprint density at radius 3 is 2.57 bits per heavy atom. The first-order chi connectivity index (χ1) is 10.2. The molecule has 113 valence electrons. The van der Waals surface area contributed by atoms with Crippen LogP contribution in [0.5, 0.6) is 0 Å². The molecule has 2 aromatic rings. The highest BCUT2D eigenvalue weighted by Gasteiger charge is 2.11. The molecular formula is C18H26N3. The molecule has 3 heteroatoms. The number of H-pyrrole nitrogens is 1. The largest absolute Gasteiger partial charge is 0.348 e. The Morgan fingerprint density at radius 2 is 1.90 bits per heavy atom. The number of hydrogen-bond acceptors (Lipinski definition) is 2. The van der Waals surface area contributed by atoms with Crippen molar-refractivity contribution < 1.29 is 0 Å². The highest BCUT2D eigenvalue weighted by molar-refractivity contribution is 5.19. The Morgan fingerprint density at radius 1 is 1.10 bits per heavy atom. The summed E-state index contributed by atoms with van der Waals surface area (Å²) in [5.41, 5.74) is 2.52. The van der Waals surface area contributed by atoms with E-state index in [2.05, 4.69) is 47.4 Å². The zero-order valence-corrected chi connectivity index (χ0v) is 13.1. The molecule has 0 amide bonds. The lowest BCUT2D eigenvalue weighted by Crippen LogP contribution is -2.05. The molecule has 1 atom stereocenters. The Hall–Kier alpha value is -1.64. The van der Waals surface area contributed by atoms with Crippen molar-refractivity contribution in [2.24, 2.45) is 11.8 Å². The summed E-state index contributed by atoms with van der Waals surface area (Å²) in [5.74, 6) is 1.52. The number of nitrogens with zero attached hydrogens (tertiary/aromatic N) is 2. The van der Waals surface area contributed by atoms with Crippen LogP contribution in [0.3, 0.4) is 0 Å². The zero-order chi connectivity index (χ0) is 14.9. The van der Waals surface area contributed by atoms with Gasteiger partial charge in [0.1, 0.15) is 0 Å². The fraction of sp³-hybridized carbons (Fsp3) is 0.500. The van der Waals surface area contributed by atoms with Crippen molar-refractivity contribution in [2.75, 3.05) is 0 Å². The zero-order valence-electron chi connectivity index (χ0n) is 13.1. The highest BCUT2D eigenvalue weighted by atomic mass is 14.9. The van der Waals surface area contributed by atoms with E-state index in [0.717, 1.165) is 24.7 Å². The minimum absolute atomic E-state index is 0.740. The minimum Gasteiger partial charge on any atom is -0.348 e. The summed E-state index contributed by atoms with van der Waals surface area (Å²) >= 11 is 0. The maximum absolute atomic E-state index is 4.10. The molecular weight excluding hydrogens is 258 g/mol. The van der Waals surface area contributed by atoms with Gasteiger partial charge in [0.25, 0.3) is 0 Å². The van der Waals surface area contributed by atoms with Crippen molar-refractivity contribution in [1.29, 1.82) is 0 Å². The smallest absolute Gasteiger partial charge is 0.0921 e. The summed E-state index contributed by atoms with van der Waals surface area (Å²) in [5, 5.41) is 0. The number of aryl methyl sites for hydroxylation is 1. The van der Waals surface area contributed by atoms with Crippen LogP contribution in [-0.2, 0) is 6.42 Å². The molecule has 1 N–H and O–H groups in total. The van der Waals surface area contributed by atoms with E-state index in [1.54, 1.807) is 6.33 Å². The molecule has 2 rings (SSSR count). The van der Waals surface area contributed by atoms with Gasteiger partial charge >= 0.3 is 0 Å². The molecule has 0 saturated heterocycles. The first kappa shape index (κ1) is 15.7. The molecule has 3 nitrogen and oxygen atoms in total. The lowest BCUT2D eigenvalue weighted by molar-refractivity contribution is 0.397. The molecule has 0 saturated carbocycles. The Kier molecular flexibility index (Phi) is 6.45. The first-order valence-electron chi connectivity index (χ1n) is 7.94. The normalized spacial score (nSPS) is 12.7. The van der Waals surface area contributed by atoms with Gasteiger partial charge in [-0.05, 0) is 55.2 Å². The van der Waals surface area contributed by atoms with Crippen molar-refractivity contribution in [3.8, 4) is 0 Å². The number of rotatable bonds is 9. The topological polar surface area (TPSA) is 41.6 Å². The van der Waals surface area contributed by atoms with Gasteiger partial charge in [0.05, 0.1) is 6.33 Å². The third-order valence-electron chi connectivity index (χ3n) is 3.92. The predicted molar refractivity (Wildman–Crippen MR) is 86.7 cm³/mol. The third kappa shape index (κ3) is 6.11. The van der Waals surface area contributed by atoms with E-state index in [0.29, 0.717) is 0 Å². The maximum Gasteiger partial charge on any atom is 0.0921 e.